The zero-order valence-corrected chi connectivity index (χ0v) is 7.36. The first-order chi connectivity index (χ1) is 4.93. The maximum atomic E-state index is 2.32. The van der Waals surface area contributed by atoms with Gasteiger partial charge in [0.25, 0.3) is 0 Å². The maximum Gasteiger partial charge on any atom is 0.137 e. The third-order valence-corrected chi connectivity index (χ3v) is 3.37. The molecule has 0 nitrogen and oxygen atoms in total. The van der Waals surface area contributed by atoms with Crippen molar-refractivity contribution in [3.05, 3.63) is 22.9 Å². The summed E-state index contributed by atoms with van der Waals surface area (Å²) in [6, 6.07) is 4.32. The standard InChI is InChI=1S/C9H15S/c1-2-3-4-7-10-8-5-6-9-10/h5-6,8-9H,2-4,7H2,1H3/q+1. The van der Waals surface area contributed by atoms with E-state index in [2.05, 4.69) is 29.8 Å². The Labute approximate surface area is 65.9 Å². The van der Waals surface area contributed by atoms with Crippen LogP contribution in [-0.2, 0) is 5.75 Å². The lowest BCUT2D eigenvalue weighted by Gasteiger charge is -1.88. The smallest absolute Gasteiger partial charge is 0.0654 e. The predicted octanol–water partition coefficient (Wildman–Crippen LogP) is 3.63. The minimum Gasteiger partial charge on any atom is -0.0654 e. The second-order valence-corrected chi connectivity index (χ2v) is 4.43. The summed E-state index contributed by atoms with van der Waals surface area (Å²) < 4.78 is 0. The highest BCUT2D eigenvalue weighted by atomic mass is 32.2. The molecule has 1 heteroatoms. The first-order valence-electron chi connectivity index (χ1n) is 3.97. The Morgan fingerprint density at radius 1 is 1.10 bits per heavy atom. The molecule has 0 saturated heterocycles. The average molecular weight is 155 g/mol. The van der Waals surface area contributed by atoms with E-state index in [-0.39, 0.29) is 0 Å². The fraction of sp³-hybridized carbons (Fsp3) is 0.556. The lowest BCUT2D eigenvalue weighted by molar-refractivity contribution is 0.753. The van der Waals surface area contributed by atoms with Crippen molar-refractivity contribution in [3.8, 4) is 0 Å². The summed E-state index contributed by atoms with van der Waals surface area (Å²) in [5.74, 6) is 1.38. The Hall–Kier alpha value is -0.300. The van der Waals surface area contributed by atoms with Crippen molar-refractivity contribution in [1.82, 2.24) is 0 Å². The van der Waals surface area contributed by atoms with Crippen LogP contribution in [0.4, 0.5) is 0 Å². The van der Waals surface area contributed by atoms with Crippen molar-refractivity contribution in [3.63, 3.8) is 0 Å². The van der Waals surface area contributed by atoms with Crippen LogP contribution in [0.15, 0.2) is 22.9 Å². The molecule has 1 aromatic rings. The Morgan fingerprint density at radius 2 is 1.80 bits per heavy atom. The molecule has 0 aromatic carbocycles. The number of hydrogen-bond acceptors (Lipinski definition) is 0. The van der Waals surface area contributed by atoms with Crippen LogP contribution in [0.3, 0.4) is 0 Å². The van der Waals surface area contributed by atoms with Crippen LogP contribution >= 0.6 is 10.5 Å². The van der Waals surface area contributed by atoms with Crippen LogP contribution in [0, 0.1) is 0 Å². The SMILES string of the molecule is CCCCC[s+]1cccc1. The third-order valence-electron chi connectivity index (χ3n) is 1.60. The first-order valence-corrected chi connectivity index (χ1v) is 5.49. The third kappa shape index (κ3) is 2.53. The topological polar surface area (TPSA) is 0 Å². The summed E-state index contributed by atoms with van der Waals surface area (Å²) in [5, 5.41) is 4.63. The van der Waals surface area contributed by atoms with Gasteiger partial charge in [-0.2, -0.15) is 0 Å². The minimum atomic E-state index is 0.510. The Kier molecular flexibility index (Phi) is 3.52. The van der Waals surface area contributed by atoms with Crippen molar-refractivity contribution < 1.29 is 0 Å². The van der Waals surface area contributed by atoms with Gasteiger partial charge in [0, 0.05) is 0 Å². The van der Waals surface area contributed by atoms with E-state index in [1.807, 2.05) is 0 Å². The Balaban J connectivity index is 2.15. The van der Waals surface area contributed by atoms with Gasteiger partial charge in [-0.1, -0.05) is 13.3 Å². The van der Waals surface area contributed by atoms with E-state index in [4.69, 9.17) is 0 Å². The zero-order valence-electron chi connectivity index (χ0n) is 6.55. The molecule has 1 rings (SSSR count). The van der Waals surface area contributed by atoms with Gasteiger partial charge in [0.1, 0.15) is 16.5 Å². The largest absolute Gasteiger partial charge is 0.137 e. The molecule has 10 heavy (non-hydrogen) atoms. The summed E-state index contributed by atoms with van der Waals surface area (Å²) in [6.07, 6.45) is 4.13. The highest BCUT2D eigenvalue weighted by molar-refractivity contribution is 7.27. The van der Waals surface area contributed by atoms with Crippen LogP contribution in [0.2, 0.25) is 0 Å². The van der Waals surface area contributed by atoms with Crippen molar-refractivity contribution in [2.75, 3.05) is 0 Å². The molecule has 0 bridgehead atoms. The van der Waals surface area contributed by atoms with E-state index in [0.717, 1.165) is 0 Å². The lowest BCUT2D eigenvalue weighted by Crippen LogP contribution is -1.72. The quantitative estimate of drug-likeness (QED) is 0.460. The van der Waals surface area contributed by atoms with E-state index >= 15 is 0 Å². The molecule has 0 aliphatic carbocycles. The Morgan fingerprint density at radius 3 is 2.40 bits per heavy atom. The van der Waals surface area contributed by atoms with Crippen molar-refractivity contribution in [1.29, 1.82) is 0 Å². The summed E-state index contributed by atoms with van der Waals surface area (Å²) in [7, 11) is 0.510. The van der Waals surface area contributed by atoms with Crippen LogP contribution in [0.1, 0.15) is 26.2 Å². The van der Waals surface area contributed by atoms with Gasteiger partial charge in [-0.3, -0.25) is 0 Å². The minimum absolute atomic E-state index is 0.510. The summed E-state index contributed by atoms with van der Waals surface area (Å²) in [6.45, 7) is 2.25. The van der Waals surface area contributed by atoms with E-state index in [1.54, 1.807) is 0 Å². The molecule has 1 heterocycles. The molecule has 1 aromatic heterocycles. The van der Waals surface area contributed by atoms with Crippen molar-refractivity contribution >= 4 is 10.5 Å². The van der Waals surface area contributed by atoms with Gasteiger partial charge in [0.2, 0.25) is 0 Å². The first kappa shape index (κ1) is 7.80. The number of hydrogen-bond donors (Lipinski definition) is 0. The molecule has 0 aliphatic heterocycles. The number of thiophene rings is 1. The Bertz CT molecular complexity index is 153. The molecule has 0 N–H and O–H groups in total. The monoisotopic (exact) mass is 155 g/mol. The number of aryl methyl sites for hydroxylation is 1. The van der Waals surface area contributed by atoms with Gasteiger partial charge in [0.05, 0.1) is 0 Å². The lowest BCUT2D eigenvalue weighted by atomic mass is 10.3. The fourth-order valence-corrected chi connectivity index (χ4v) is 2.48. The van der Waals surface area contributed by atoms with Gasteiger partial charge in [0.15, 0.2) is 0 Å². The number of rotatable bonds is 4. The normalized spacial score (nSPS) is 10.1. The van der Waals surface area contributed by atoms with Crippen LogP contribution in [0.25, 0.3) is 0 Å². The van der Waals surface area contributed by atoms with Crippen LogP contribution in [0.5, 0.6) is 0 Å². The second-order valence-electron chi connectivity index (χ2n) is 2.54. The maximum absolute atomic E-state index is 2.32. The van der Waals surface area contributed by atoms with Gasteiger partial charge in [-0.15, -0.1) is 0 Å². The van der Waals surface area contributed by atoms with E-state index < -0.39 is 0 Å². The molecular weight excluding hydrogens is 140 g/mol. The fourth-order valence-electron chi connectivity index (χ4n) is 0.993. The zero-order chi connectivity index (χ0) is 7.23. The molecule has 0 radical (unpaired) electrons. The molecule has 56 valence electrons. The summed E-state index contributed by atoms with van der Waals surface area (Å²) >= 11 is 0. The predicted molar refractivity (Wildman–Crippen MR) is 48.4 cm³/mol. The number of unbranched alkanes of at least 4 members (excludes halogenated alkanes) is 2. The van der Waals surface area contributed by atoms with Crippen LogP contribution < -0.4 is 0 Å². The molecule has 0 amide bonds. The van der Waals surface area contributed by atoms with Gasteiger partial charge >= 0.3 is 0 Å². The van der Waals surface area contributed by atoms with Crippen molar-refractivity contribution in [2.24, 2.45) is 0 Å². The molecule has 0 aliphatic rings. The van der Waals surface area contributed by atoms with Crippen LogP contribution in [-0.4, -0.2) is 0 Å². The highest BCUT2D eigenvalue weighted by Crippen LogP contribution is 2.20. The average Bonchev–Trinajstić information content (AvgIpc) is 2.41. The van der Waals surface area contributed by atoms with Gasteiger partial charge in [-0.25, -0.2) is 0 Å². The van der Waals surface area contributed by atoms with Gasteiger partial charge < -0.3 is 0 Å². The van der Waals surface area contributed by atoms with Gasteiger partial charge in [-0.05, 0) is 35.4 Å². The summed E-state index contributed by atoms with van der Waals surface area (Å²) in [5.41, 5.74) is 0. The molecule has 0 saturated carbocycles. The molecule has 0 atom stereocenters. The summed E-state index contributed by atoms with van der Waals surface area (Å²) in [4.78, 5) is 0. The molecular formula is C9H15S+. The second kappa shape index (κ2) is 4.51. The van der Waals surface area contributed by atoms with E-state index in [9.17, 15) is 0 Å². The highest BCUT2D eigenvalue weighted by Gasteiger charge is 1.98. The molecule has 0 spiro atoms. The van der Waals surface area contributed by atoms with Crippen molar-refractivity contribution in [2.45, 2.75) is 31.9 Å². The molecule has 0 unspecified atom stereocenters. The van der Waals surface area contributed by atoms with E-state index in [0.29, 0.717) is 10.5 Å². The molecule has 0 fully saturated rings. The van der Waals surface area contributed by atoms with E-state index in [1.165, 1.54) is 25.0 Å².